The molecule has 1 aromatic carbocycles. The van der Waals surface area contributed by atoms with Crippen molar-refractivity contribution in [3.8, 4) is 5.75 Å². The Morgan fingerprint density at radius 2 is 2.03 bits per heavy atom. The molecular formula is C23H24FN3O2. The van der Waals surface area contributed by atoms with Crippen LogP contribution in [0.2, 0.25) is 0 Å². The Kier molecular flexibility index (Phi) is 5.36. The van der Waals surface area contributed by atoms with E-state index in [4.69, 9.17) is 4.74 Å². The molecule has 4 rings (SSSR count). The van der Waals surface area contributed by atoms with E-state index in [1.807, 2.05) is 43.6 Å². The van der Waals surface area contributed by atoms with Crippen LogP contribution in [0.15, 0.2) is 72.2 Å². The quantitative estimate of drug-likeness (QED) is 0.853. The fraction of sp³-hybridized carbons (Fsp3) is 0.261. The lowest BCUT2D eigenvalue weighted by Gasteiger charge is -2.28. The lowest BCUT2D eigenvalue weighted by molar-refractivity contribution is -0.122. The number of carbonyl (C=O) groups is 1. The maximum absolute atomic E-state index is 14.1. The average molecular weight is 393 g/mol. The fourth-order valence-electron chi connectivity index (χ4n) is 3.77. The van der Waals surface area contributed by atoms with E-state index in [-0.39, 0.29) is 11.7 Å². The molecule has 0 aromatic heterocycles. The summed E-state index contributed by atoms with van der Waals surface area (Å²) in [5, 5.41) is 3.31. The molecule has 3 aliphatic heterocycles. The molecule has 1 atom stereocenters. The monoisotopic (exact) mass is 393 g/mol. The number of benzene rings is 1. The molecule has 0 radical (unpaired) electrons. The molecule has 150 valence electrons. The molecule has 1 saturated heterocycles. The Morgan fingerprint density at radius 3 is 2.76 bits per heavy atom. The molecule has 0 spiro atoms. The third-order valence-corrected chi connectivity index (χ3v) is 5.47. The van der Waals surface area contributed by atoms with Gasteiger partial charge >= 0.3 is 0 Å². The third-order valence-electron chi connectivity index (χ3n) is 5.47. The predicted molar refractivity (Wildman–Crippen MR) is 111 cm³/mol. The van der Waals surface area contributed by atoms with Gasteiger partial charge in [0, 0.05) is 37.1 Å². The van der Waals surface area contributed by atoms with Gasteiger partial charge in [0.25, 0.3) is 5.91 Å². The van der Waals surface area contributed by atoms with Crippen molar-refractivity contribution in [3.63, 3.8) is 0 Å². The van der Waals surface area contributed by atoms with E-state index in [9.17, 15) is 9.18 Å². The molecule has 0 saturated carbocycles. The predicted octanol–water partition coefficient (Wildman–Crippen LogP) is 3.20. The number of halogens is 1. The number of likely N-dealkylation sites (tertiary alicyclic amines) is 1. The van der Waals surface area contributed by atoms with Gasteiger partial charge in [-0.1, -0.05) is 18.2 Å². The van der Waals surface area contributed by atoms with Crippen LogP contribution in [0.1, 0.15) is 12.0 Å². The van der Waals surface area contributed by atoms with Crippen molar-refractivity contribution in [1.29, 1.82) is 0 Å². The number of hydrogen-bond acceptors (Lipinski definition) is 4. The van der Waals surface area contributed by atoms with Gasteiger partial charge in [-0.25, -0.2) is 4.39 Å². The topological polar surface area (TPSA) is 44.8 Å². The second-order valence-electron chi connectivity index (χ2n) is 7.22. The van der Waals surface area contributed by atoms with E-state index >= 15 is 0 Å². The first-order valence-electron chi connectivity index (χ1n) is 9.68. The molecule has 29 heavy (non-hydrogen) atoms. The van der Waals surface area contributed by atoms with Crippen LogP contribution in [0.3, 0.4) is 0 Å². The lowest BCUT2D eigenvalue weighted by Crippen LogP contribution is -2.32. The molecule has 0 aliphatic carbocycles. The highest BCUT2D eigenvalue weighted by Crippen LogP contribution is 2.28. The van der Waals surface area contributed by atoms with Gasteiger partial charge < -0.3 is 15.0 Å². The number of methoxy groups -OCH3 is 1. The summed E-state index contributed by atoms with van der Waals surface area (Å²) in [6.07, 6.45) is 14.1. The van der Waals surface area contributed by atoms with Crippen LogP contribution in [0.4, 0.5) is 4.39 Å². The fourth-order valence-corrected chi connectivity index (χ4v) is 3.77. The minimum Gasteiger partial charge on any atom is -0.494 e. The number of carbonyl (C=O) groups excluding carboxylic acids is 1. The summed E-state index contributed by atoms with van der Waals surface area (Å²) >= 11 is 0. The standard InChI is InChI=1S/C23H24FN3O2/c1-25-18-10-11-26(14-18)20-8-7-19-5-3-4-16(13-23(28)27(19)15-20)17-6-9-22(29-2)21(24)12-17/h3-9,12-13,15,18,25H,10-11,14H2,1-2H3/b4-3+,16-13+,19-5?/t18-/m0/s1. The number of ether oxygens (including phenoxy) is 1. The molecule has 0 bridgehead atoms. The second-order valence-corrected chi connectivity index (χ2v) is 7.22. The summed E-state index contributed by atoms with van der Waals surface area (Å²) in [4.78, 5) is 16.9. The van der Waals surface area contributed by atoms with Crippen molar-refractivity contribution in [2.24, 2.45) is 0 Å². The van der Waals surface area contributed by atoms with Crippen LogP contribution < -0.4 is 10.1 Å². The van der Waals surface area contributed by atoms with Crippen LogP contribution in [-0.2, 0) is 4.79 Å². The van der Waals surface area contributed by atoms with Crippen LogP contribution in [0.5, 0.6) is 5.75 Å². The summed E-state index contributed by atoms with van der Waals surface area (Å²) in [7, 11) is 3.40. The largest absolute Gasteiger partial charge is 0.494 e. The first-order chi connectivity index (χ1) is 14.1. The van der Waals surface area contributed by atoms with Crippen LogP contribution in [0.25, 0.3) is 5.57 Å². The van der Waals surface area contributed by atoms with Crippen molar-refractivity contribution >= 4 is 11.5 Å². The number of fused-ring (bicyclic) bond motifs is 1. The minimum atomic E-state index is -0.457. The summed E-state index contributed by atoms with van der Waals surface area (Å²) in [6.45, 7) is 1.87. The van der Waals surface area contributed by atoms with E-state index in [2.05, 4.69) is 10.2 Å². The zero-order chi connectivity index (χ0) is 20.4. The molecule has 6 heteroatoms. The van der Waals surface area contributed by atoms with Gasteiger partial charge in [0.15, 0.2) is 11.6 Å². The average Bonchev–Trinajstić information content (AvgIpc) is 3.21. The zero-order valence-electron chi connectivity index (χ0n) is 16.6. The van der Waals surface area contributed by atoms with Crippen molar-refractivity contribution in [2.75, 3.05) is 27.2 Å². The van der Waals surface area contributed by atoms with Crippen LogP contribution in [0, 0.1) is 5.82 Å². The highest BCUT2D eigenvalue weighted by atomic mass is 19.1. The lowest BCUT2D eigenvalue weighted by atomic mass is 10.0. The smallest absolute Gasteiger partial charge is 0.255 e. The first kappa shape index (κ1) is 19.2. The summed E-state index contributed by atoms with van der Waals surface area (Å²) in [5.41, 5.74) is 3.09. The van der Waals surface area contributed by atoms with Crippen molar-refractivity contribution < 1.29 is 13.9 Å². The van der Waals surface area contributed by atoms with E-state index < -0.39 is 5.82 Å². The molecule has 3 heterocycles. The van der Waals surface area contributed by atoms with Crippen LogP contribution in [-0.4, -0.2) is 49.0 Å². The molecule has 1 amide bonds. The van der Waals surface area contributed by atoms with Crippen LogP contribution >= 0.6 is 0 Å². The first-order valence-corrected chi connectivity index (χ1v) is 9.68. The third kappa shape index (κ3) is 3.89. The van der Waals surface area contributed by atoms with E-state index in [1.165, 1.54) is 13.2 Å². The van der Waals surface area contributed by atoms with Gasteiger partial charge in [-0.05, 0) is 55.0 Å². The highest BCUT2D eigenvalue weighted by molar-refractivity contribution is 5.99. The van der Waals surface area contributed by atoms with E-state index in [0.717, 1.165) is 30.9 Å². The van der Waals surface area contributed by atoms with E-state index in [1.54, 1.807) is 23.1 Å². The highest BCUT2D eigenvalue weighted by Gasteiger charge is 2.25. The molecule has 1 fully saturated rings. The molecule has 1 N–H and O–H groups in total. The molecule has 5 nitrogen and oxygen atoms in total. The number of likely N-dealkylation sites (N-methyl/N-ethyl adjacent to an activating group) is 1. The number of nitrogens with zero attached hydrogens (tertiary/aromatic N) is 2. The number of amides is 1. The van der Waals surface area contributed by atoms with E-state index in [0.29, 0.717) is 17.2 Å². The van der Waals surface area contributed by atoms with Crippen molar-refractivity contribution in [3.05, 3.63) is 83.6 Å². The number of allylic oxidation sites excluding steroid dienone is 6. The Bertz CT molecular complexity index is 974. The van der Waals surface area contributed by atoms with Gasteiger partial charge in [0.05, 0.1) is 12.8 Å². The second kappa shape index (κ2) is 8.09. The normalized spacial score (nSPS) is 24.2. The zero-order valence-corrected chi connectivity index (χ0v) is 16.6. The SMILES string of the molecule is CN[C@H]1CCN(C2=CN3C(=O)/C=C(c4ccc(OC)c(F)c4)\C=C\C=C3C=C2)C1. The molecule has 1 aromatic rings. The Balaban J connectivity index is 1.62. The van der Waals surface area contributed by atoms with Gasteiger partial charge in [-0.15, -0.1) is 0 Å². The number of hydrogen-bond donors (Lipinski definition) is 1. The molecule has 0 unspecified atom stereocenters. The Morgan fingerprint density at radius 1 is 1.21 bits per heavy atom. The molecular weight excluding hydrogens is 369 g/mol. The summed E-state index contributed by atoms with van der Waals surface area (Å²) < 4.78 is 19.1. The van der Waals surface area contributed by atoms with Gasteiger partial charge in [0.2, 0.25) is 0 Å². The maximum atomic E-state index is 14.1. The maximum Gasteiger partial charge on any atom is 0.255 e. The van der Waals surface area contributed by atoms with Gasteiger partial charge in [0.1, 0.15) is 0 Å². The number of rotatable bonds is 4. The van der Waals surface area contributed by atoms with Gasteiger partial charge in [-0.3, -0.25) is 9.69 Å². The molecule has 3 aliphatic rings. The summed E-state index contributed by atoms with van der Waals surface area (Å²) in [5.74, 6) is -0.448. The number of nitrogens with one attached hydrogen (secondary N) is 1. The summed E-state index contributed by atoms with van der Waals surface area (Å²) in [6, 6.07) is 5.16. The Labute approximate surface area is 170 Å². The van der Waals surface area contributed by atoms with Crippen molar-refractivity contribution in [1.82, 2.24) is 15.1 Å². The van der Waals surface area contributed by atoms with Crippen molar-refractivity contribution in [2.45, 2.75) is 12.5 Å². The Hall–Kier alpha value is -3.12. The minimum absolute atomic E-state index is 0.168. The van der Waals surface area contributed by atoms with Gasteiger partial charge in [-0.2, -0.15) is 0 Å².